The minimum atomic E-state index is -0.877. The number of ether oxygens (including phenoxy) is 2. The Balaban J connectivity index is 0.000000221. The van der Waals surface area contributed by atoms with E-state index in [1.807, 2.05) is 18.2 Å². The Hall–Kier alpha value is -4.07. The van der Waals surface area contributed by atoms with Crippen molar-refractivity contribution in [3.63, 3.8) is 0 Å². The second kappa shape index (κ2) is 16.9. The zero-order chi connectivity index (χ0) is 28.0. The molecule has 0 atom stereocenters. The smallest absolute Gasteiger partial charge is 0.237 e. The van der Waals surface area contributed by atoms with Gasteiger partial charge in [-0.1, -0.05) is 84.4 Å². The van der Waals surface area contributed by atoms with Crippen molar-refractivity contribution in [2.45, 2.75) is 0 Å². The molecule has 0 spiro atoms. The van der Waals surface area contributed by atoms with Gasteiger partial charge in [-0.15, -0.1) is 17.2 Å². The number of benzene rings is 5. The zero-order valence-electron chi connectivity index (χ0n) is 22.8. The van der Waals surface area contributed by atoms with Gasteiger partial charge in [0.2, 0.25) is 5.90 Å². The fourth-order valence-corrected chi connectivity index (χ4v) is 6.53. The van der Waals surface area contributed by atoms with Crippen LogP contribution in [0.15, 0.2) is 144 Å². The van der Waals surface area contributed by atoms with E-state index in [1.165, 1.54) is 22.1 Å². The van der Waals surface area contributed by atoms with Crippen LogP contribution in [-0.2, 0) is 20.4 Å². The van der Waals surface area contributed by atoms with Gasteiger partial charge in [-0.25, -0.2) is 5.10 Å². The molecule has 5 rings (SSSR count). The van der Waals surface area contributed by atoms with Gasteiger partial charge in [0.25, 0.3) is 0 Å². The van der Waals surface area contributed by atoms with Crippen LogP contribution in [0, 0.1) is 6.07 Å². The molecule has 5 aromatic rings. The van der Waals surface area contributed by atoms with E-state index in [0.29, 0.717) is 22.6 Å². The predicted molar refractivity (Wildman–Crippen MR) is 168 cm³/mol. The van der Waals surface area contributed by atoms with Gasteiger partial charge in [0.1, 0.15) is 15.9 Å². The largest absolute Gasteiger partial charge is 0.540 e. The molecule has 41 heavy (non-hydrogen) atoms. The third-order valence-electron chi connectivity index (χ3n) is 5.92. The molecule has 0 fully saturated rings. The van der Waals surface area contributed by atoms with Crippen LogP contribution in [0.2, 0.25) is 0 Å². The summed E-state index contributed by atoms with van der Waals surface area (Å²) in [7, 11) is 2.24. The van der Waals surface area contributed by atoms with Crippen molar-refractivity contribution in [2.75, 3.05) is 14.2 Å². The molecule has 0 unspecified atom stereocenters. The first-order valence-corrected chi connectivity index (χ1v) is 14.2. The molecule has 7 heteroatoms. The monoisotopic (exact) mass is 652 g/mol. The third-order valence-corrected chi connectivity index (χ3v) is 8.66. The summed E-state index contributed by atoms with van der Waals surface area (Å²) in [6.07, 6.45) is 1.46. The molecule has 0 aromatic heterocycles. The maximum atomic E-state index is 9.78. The number of hydrogen-bond acceptors (Lipinski definition) is 4. The van der Waals surface area contributed by atoms with Crippen LogP contribution in [0.25, 0.3) is 0 Å². The molecule has 0 amide bonds. The van der Waals surface area contributed by atoms with E-state index in [-0.39, 0.29) is 26.3 Å². The summed E-state index contributed by atoms with van der Waals surface area (Å²) in [5, 5.41) is 21.7. The van der Waals surface area contributed by atoms with E-state index >= 15 is 0 Å². The Morgan fingerprint density at radius 3 is 1.61 bits per heavy atom. The van der Waals surface area contributed by atoms with E-state index in [9.17, 15) is 5.11 Å². The Kier molecular flexibility index (Phi) is 13.0. The summed E-state index contributed by atoms with van der Waals surface area (Å²) in [4.78, 5) is 0. The standard InChI is InChI=1S/C18H15P.C16H15N2O3.Pd/c1-4-10-16(11-5-1)19(17-12-6-2-7-13-17)18-14-8-3-9-15-18;1-20-14-9-8-13(15(10-14)21-2)11-17-18-16(19)12-6-4-3-5-7-12;/h1-15H;3-7,9-11H,1-2H3,(H,18,19);/q;-1;/p+1. The van der Waals surface area contributed by atoms with Crippen molar-refractivity contribution in [2.24, 2.45) is 10.2 Å². The Morgan fingerprint density at radius 2 is 1.17 bits per heavy atom. The predicted octanol–water partition coefficient (Wildman–Crippen LogP) is 6.02. The molecule has 1 N–H and O–H groups in total. The number of hydrogen-bond donors (Lipinski definition) is 1. The zero-order valence-corrected chi connectivity index (χ0v) is 25.3. The van der Waals surface area contributed by atoms with Crippen LogP contribution in [-0.4, -0.2) is 31.4 Å². The van der Waals surface area contributed by atoms with Crippen LogP contribution < -0.4 is 25.4 Å². The van der Waals surface area contributed by atoms with Gasteiger partial charge < -0.3 is 14.6 Å². The van der Waals surface area contributed by atoms with Gasteiger partial charge in [-0.3, -0.25) is 0 Å². The minimum Gasteiger partial charge on any atom is -0.540 e. The minimum absolute atomic E-state index is 0. The van der Waals surface area contributed by atoms with Gasteiger partial charge in [-0.2, -0.15) is 0 Å². The van der Waals surface area contributed by atoms with Crippen LogP contribution in [0.3, 0.4) is 0 Å². The van der Waals surface area contributed by atoms with Crippen molar-refractivity contribution in [1.82, 2.24) is 0 Å². The fourth-order valence-electron chi connectivity index (χ4n) is 3.96. The first-order valence-electron chi connectivity index (χ1n) is 12.7. The Labute approximate surface area is 256 Å². The molecular formula is C34H31N2O3PPd. The van der Waals surface area contributed by atoms with E-state index < -0.39 is 7.92 Å². The number of methoxy groups -OCH3 is 2. The van der Waals surface area contributed by atoms with Crippen LogP contribution in [0.5, 0.6) is 11.5 Å². The summed E-state index contributed by atoms with van der Waals surface area (Å²) >= 11 is 0. The van der Waals surface area contributed by atoms with E-state index in [0.717, 1.165) is 0 Å². The second-order valence-electron chi connectivity index (χ2n) is 8.53. The Bertz CT molecular complexity index is 1420. The summed E-state index contributed by atoms with van der Waals surface area (Å²) in [6.45, 7) is 0. The maximum absolute atomic E-state index is 9.78. The van der Waals surface area contributed by atoms with E-state index in [1.54, 1.807) is 38.5 Å². The fraction of sp³-hybridized carbons (Fsp3) is 0.0588. The molecule has 0 aliphatic rings. The van der Waals surface area contributed by atoms with Crippen LogP contribution in [0.1, 0.15) is 11.1 Å². The van der Waals surface area contributed by atoms with E-state index in [4.69, 9.17) is 9.47 Å². The first-order chi connectivity index (χ1) is 19.7. The quantitative estimate of drug-likeness (QED) is 0.0557. The van der Waals surface area contributed by atoms with Gasteiger partial charge in [0.15, 0.2) is 0 Å². The molecule has 5 nitrogen and oxygen atoms in total. The summed E-state index contributed by atoms with van der Waals surface area (Å²) in [6, 6.07) is 47.8. The second-order valence-corrected chi connectivity index (χ2v) is 11.0. The molecular weight excluding hydrogens is 622 g/mol. The number of rotatable bonds is 8. The van der Waals surface area contributed by atoms with Crippen molar-refractivity contribution in [3.05, 3.63) is 151 Å². The van der Waals surface area contributed by atoms with Crippen molar-refractivity contribution >= 4 is 35.9 Å². The molecule has 5 aromatic carbocycles. The molecule has 0 radical (unpaired) electrons. The molecule has 0 bridgehead atoms. The van der Waals surface area contributed by atoms with Crippen molar-refractivity contribution < 1.29 is 35.0 Å². The maximum Gasteiger partial charge on any atom is 0.237 e. The molecule has 0 saturated heterocycles. The summed E-state index contributed by atoms with van der Waals surface area (Å²) in [5.41, 5.74) is 1.21. The van der Waals surface area contributed by atoms with Gasteiger partial charge in [0.05, 0.1) is 22.1 Å². The van der Waals surface area contributed by atoms with Crippen molar-refractivity contribution in [3.8, 4) is 11.5 Å². The summed E-state index contributed by atoms with van der Waals surface area (Å²) < 4.78 is 10.3. The van der Waals surface area contributed by atoms with Crippen LogP contribution in [0.4, 0.5) is 0 Å². The Morgan fingerprint density at radius 1 is 0.707 bits per heavy atom. The normalized spacial score (nSPS) is 10.9. The summed E-state index contributed by atoms with van der Waals surface area (Å²) in [5.74, 6) is 1.05. The number of aliphatic hydroxyl groups is 1. The van der Waals surface area contributed by atoms with E-state index in [2.05, 4.69) is 107 Å². The molecule has 0 heterocycles. The molecule has 0 aliphatic carbocycles. The number of nitrogens with zero attached hydrogens (tertiary/aromatic N) is 2. The van der Waals surface area contributed by atoms with Gasteiger partial charge in [-0.05, 0) is 54.7 Å². The SMILES string of the molecule is COc1c[c-]c(C=NN=C(O)c2ccccc2)c(OC)c1.[Pd].c1ccc([PH+](c2ccccc2)c2ccccc2)cc1. The average molecular weight is 653 g/mol. The molecule has 0 saturated carbocycles. The van der Waals surface area contributed by atoms with Crippen molar-refractivity contribution in [1.29, 1.82) is 0 Å². The van der Waals surface area contributed by atoms with Crippen LogP contribution >= 0.6 is 7.92 Å². The van der Waals surface area contributed by atoms with Gasteiger partial charge in [0, 0.05) is 37.5 Å². The topological polar surface area (TPSA) is 63.4 Å². The van der Waals surface area contributed by atoms with Gasteiger partial charge >= 0.3 is 0 Å². The molecule has 210 valence electrons. The average Bonchev–Trinajstić information content (AvgIpc) is 3.03. The first kappa shape index (κ1) is 31.5. The number of aliphatic hydroxyl groups excluding tert-OH is 1. The third kappa shape index (κ3) is 9.24. The molecule has 0 aliphatic heterocycles.